The molecule has 0 unspecified atom stereocenters. The molecule has 2 aromatic carbocycles. The van der Waals surface area contributed by atoms with Gasteiger partial charge in [0.2, 0.25) is 5.91 Å². The van der Waals surface area contributed by atoms with Gasteiger partial charge in [-0.05, 0) is 48.0 Å². The summed E-state index contributed by atoms with van der Waals surface area (Å²) in [4.78, 5) is 33.9. The number of nitrogens with one attached hydrogen (secondary N) is 1. The highest BCUT2D eigenvalue weighted by Crippen LogP contribution is 2.28. The van der Waals surface area contributed by atoms with Crippen LogP contribution in [0.3, 0.4) is 0 Å². The van der Waals surface area contributed by atoms with Gasteiger partial charge in [0.05, 0.1) is 12.7 Å². The third-order valence-electron chi connectivity index (χ3n) is 3.27. The van der Waals surface area contributed by atoms with Gasteiger partial charge in [0.1, 0.15) is 0 Å². The fourth-order valence-corrected chi connectivity index (χ4v) is 2.08. The number of carbonyl (C=O) groups is 3. The fraction of sp³-hybridized carbons (Fsp3) is 0.105. The summed E-state index contributed by atoms with van der Waals surface area (Å²) in [6, 6.07) is 10.7. The highest BCUT2D eigenvalue weighted by molar-refractivity contribution is 6.02. The standard InChI is InChI=1S/C19H17NO6/c1-12(21)26-17-11-13(3-9-16(17)25-2)4-10-18(22)20-15-7-5-14(6-8-15)19(23)24/h3-11H,1-2H3,(H,20,22)(H,23,24)/b10-4+. The van der Waals surface area contributed by atoms with E-state index in [1.54, 1.807) is 24.3 Å². The molecule has 0 aromatic heterocycles. The van der Waals surface area contributed by atoms with Crippen molar-refractivity contribution in [1.82, 2.24) is 0 Å². The second-order valence-electron chi connectivity index (χ2n) is 5.21. The molecule has 0 saturated carbocycles. The van der Waals surface area contributed by atoms with Crippen molar-refractivity contribution in [2.75, 3.05) is 12.4 Å². The molecule has 0 bridgehead atoms. The van der Waals surface area contributed by atoms with E-state index in [9.17, 15) is 14.4 Å². The van der Waals surface area contributed by atoms with E-state index in [1.165, 1.54) is 44.4 Å². The Hall–Kier alpha value is -3.61. The van der Waals surface area contributed by atoms with Crippen molar-refractivity contribution in [1.29, 1.82) is 0 Å². The number of hydrogen-bond acceptors (Lipinski definition) is 5. The maximum atomic E-state index is 12.0. The van der Waals surface area contributed by atoms with Gasteiger partial charge in [-0.3, -0.25) is 9.59 Å². The van der Waals surface area contributed by atoms with E-state index in [0.29, 0.717) is 17.0 Å². The second kappa shape index (κ2) is 8.48. The number of methoxy groups -OCH3 is 1. The molecule has 0 fully saturated rings. The number of amides is 1. The zero-order chi connectivity index (χ0) is 19.1. The SMILES string of the molecule is COc1ccc(/C=C/C(=O)Nc2ccc(C(=O)O)cc2)cc1OC(C)=O. The second-order valence-corrected chi connectivity index (χ2v) is 5.21. The normalized spacial score (nSPS) is 10.4. The summed E-state index contributed by atoms with van der Waals surface area (Å²) in [5.41, 5.74) is 1.24. The molecule has 7 nitrogen and oxygen atoms in total. The van der Waals surface area contributed by atoms with Crippen molar-refractivity contribution < 1.29 is 29.0 Å². The van der Waals surface area contributed by atoms with Crippen LogP contribution in [-0.4, -0.2) is 30.1 Å². The number of esters is 1. The Morgan fingerprint density at radius 1 is 1.04 bits per heavy atom. The number of aromatic carboxylic acids is 1. The summed E-state index contributed by atoms with van der Waals surface area (Å²) < 4.78 is 10.2. The van der Waals surface area contributed by atoms with E-state index >= 15 is 0 Å². The number of ether oxygens (including phenoxy) is 2. The Labute approximate surface area is 149 Å². The van der Waals surface area contributed by atoms with Crippen molar-refractivity contribution in [3.63, 3.8) is 0 Å². The smallest absolute Gasteiger partial charge is 0.335 e. The zero-order valence-electron chi connectivity index (χ0n) is 14.2. The van der Waals surface area contributed by atoms with E-state index < -0.39 is 17.8 Å². The topological polar surface area (TPSA) is 102 Å². The molecular weight excluding hydrogens is 338 g/mol. The first-order valence-corrected chi connectivity index (χ1v) is 7.58. The lowest BCUT2D eigenvalue weighted by Gasteiger charge is -2.08. The molecule has 134 valence electrons. The van der Waals surface area contributed by atoms with Gasteiger partial charge in [0.15, 0.2) is 11.5 Å². The third-order valence-corrected chi connectivity index (χ3v) is 3.27. The Kier molecular flexibility index (Phi) is 6.10. The van der Waals surface area contributed by atoms with E-state index in [2.05, 4.69) is 5.32 Å². The molecule has 0 heterocycles. The molecule has 0 atom stereocenters. The number of rotatable bonds is 6. The first kappa shape index (κ1) is 18.7. The predicted octanol–water partition coefficient (Wildman–Crippen LogP) is 2.97. The van der Waals surface area contributed by atoms with Gasteiger partial charge in [0, 0.05) is 18.7 Å². The van der Waals surface area contributed by atoms with Gasteiger partial charge in [-0.25, -0.2) is 4.79 Å². The number of anilines is 1. The molecule has 1 amide bonds. The van der Waals surface area contributed by atoms with Gasteiger partial charge in [-0.1, -0.05) is 6.07 Å². The van der Waals surface area contributed by atoms with Crippen LogP contribution in [0.4, 0.5) is 5.69 Å². The zero-order valence-corrected chi connectivity index (χ0v) is 14.2. The number of carboxylic acids is 1. The van der Waals surface area contributed by atoms with Crippen LogP contribution in [0.2, 0.25) is 0 Å². The number of benzene rings is 2. The molecule has 26 heavy (non-hydrogen) atoms. The number of hydrogen-bond donors (Lipinski definition) is 2. The lowest BCUT2D eigenvalue weighted by Crippen LogP contribution is -2.08. The van der Waals surface area contributed by atoms with Gasteiger partial charge in [-0.2, -0.15) is 0 Å². The molecule has 0 saturated heterocycles. The monoisotopic (exact) mass is 355 g/mol. The lowest BCUT2D eigenvalue weighted by molar-refractivity contribution is -0.132. The maximum absolute atomic E-state index is 12.0. The van der Waals surface area contributed by atoms with E-state index in [4.69, 9.17) is 14.6 Å². The molecule has 2 N–H and O–H groups in total. The maximum Gasteiger partial charge on any atom is 0.335 e. The van der Waals surface area contributed by atoms with Crippen molar-refractivity contribution in [2.45, 2.75) is 6.92 Å². The first-order chi connectivity index (χ1) is 12.4. The van der Waals surface area contributed by atoms with Crippen LogP contribution in [-0.2, 0) is 9.59 Å². The Bertz CT molecular complexity index is 855. The summed E-state index contributed by atoms with van der Waals surface area (Å²) in [7, 11) is 1.46. The highest BCUT2D eigenvalue weighted by atomic mass is 16.6. The van der Waals surface area contributed by atoms with Gasteiger partial charge in [0.25, 0.3) is 0 Å². The minimum atomic E-state index is -1.04. The Morgan fingerprint density at radius 2 is 1.73 bits per heavy atom. The molecular formula is C19H17NO6. The Balaban J connectivity index is 2.07. The minimum Gasteiger partial charge on any atom is -0.493 e. The van der Waals surface area contributed by atoms with Crippen LogP contribution in [0.25, 0.3) is 6.08 Å². The highest BCUT2D eigenvalue weighted by Gasteiger charge is 2.08. The average Bonchev–Trinajstić information content (AvgIpc) is 2.60. The molecule has 2 aromatic rings. The number of carbonyl (C=O) groups excluding carboxylic acids is 2. The Morgan fingerprint density at radius 3 is 2.31 bits per heavy atom. The van der Waals surface area contributed by atoms with E-state index in [-0.39, 0.29) is 11.3 Å². The van der Waals surface area contributed by atoms with Crippen molar-refractivity contribution in [3.8, 4) is 11.5 Å². The minimum absolute atomic E-state index is 0.134. The van der Waals surface area contributed by atoms with Crippen LogP contribution in [0.15, 0.2) is 48.5 Å². The lowest BCUT2D eigenvalue weighted by atomic mass is 10.2. The number of carboxylic acid groups (broad SMARTS) is 1. The molecule has 0 spiro atoms. The van der Waals surface area contributed by atoms with Crippen molar-refractivity contribution >= 4 is 29.6 Å². The largest absolute Gasteiger partial charge is 0.493 e. The summed E-state index contributed by atoms with van der Waals surface area (Å²) in [6.07, 6.45) is 2.86. The van der Waals surface area contributed by atoms with Crippen molar-refractivity contribution in [3.05, 3.63) is 59.7 Å². The van der Waals surface area contributed by atoms with Crippen LogP contribution in [0.5, 0.6) is 11.5 Å². The molecule has 0 aliphatic rings. The molecule has 2 rings (SSSR count). The van der Waals surface area contributed by atoms with Crippen LogP contribution in [0.1, 0.15) is 22.8 Å². The molecule has 0 aliphatic heterocycles. The van der Waals surface area contributed by atoms with Gasteiger partial charge < -0.3 is 19.9 Å². The van der Waals surface area contributed by atoms with Crippen molar-refractivity contribution in [2.24, 2.45) is 0 Å². The quantitative estimate of drug-likeness (QED) is 0.469. The molecule has 7 heteroatoms. The molecule has 0 aliphatic carbocycles. The summed E-state index contributed by atoms with van der Waals surface area (Å²) in [6.45, 7) is 1.28. The predicted molar refractivity (Wildman–Crippen MR) is 95.4 cm³/mol. The molecule has 0 radical (unpaired) electrons. The summed E-state index contributed by atoms with van der Waals surface area (Å²) in [5, 5.41) is 11.5. The van der Waals surface area contributed by atoms with Gasteiger partial charge in [-0.15, -0.1) is 0 Å². The first-order valence-electron chi connectivity index (χ1n) is 7.58. The van der Waals surface area contributed by atoms with E-state index in [1.807, 2.05) is 0 Å². The van der Waals surface area contributed by atoms with Crippen LogP contribution >= 0.6 is 0 Å². The van der Waals surface area contributed by atoms with Crippen LogP contribution in [0, 0.1) is 0 Å². The average molecular weight is 355 g/mol. The van der Waals surface area contributed by atoms with Gasteiger partial charge >= 0.3 is 11.9 Å². The van der Waals surface area contributed by atoms with E-state index in [0.717, 1.165) is 0 Å². The summed E-state index contributed by atoms with van der Waals surface area (Å²) >= 11 is 0. The third kappa shape index (κ3) is 5.20. The van der Waals surface area contributed by atoms with Crippen LogP contribution < -0.4 is 14.8 Å². The summed E-state index contributed by atoms with van der Waals surface area (Å²) in [5.74, 6) is -1.25. The fourth-order valence-electron chi connectivity index (χ4n) is 2.08.